The van der Waals surface area contributed by atoms with E-state index in [4.69, 9.17) is 5.73 Å². The molecule has 30 heavy (non-hydrogen) atoms. The van der Waals surface area contributed by atoms with E-state index in [0.717, 1.165) is 16.7 Å². The van der Waals surface area contributed by atoms with E-state index in [0.29, 0.717) is 16.8 Å². The predicted molar refractivity (Wildman–Crippen MR) is 118 cm³/mol. The molecule has 0 bridgehead atoms. The number of carbonyl (C=O) groups excluding carboxylic acids is 3. The van der Waals surface area contributed by atoms with Gasteiger partial charge in [0.2, 0.25) is 5.12 Å². The van der Waals surface area contributed by atoms with Crippen molar-refractivity contribution in [1.29, 1.82) is 0 Å². The number of rotatable bonds is 7. The highest BCUT2D eigenvalue weighted by atomic mass is 32.1. The summed E-state index contributed by atoms with van der Waals surface area (Å²) in [7, 11) is 0. The summed E-state index contributed by atoms with van der Waals surface area (Å²) in [4.78, 5) is 39.8. The number of aromatic nitrogens is 1. The highest BCUT2D eigenvalue weighted by molar-refractivity contribution is 7.96. The van der Waals surface area contributed by atoms with Crippen molar-refractivity contribution < 1.29 is 14.4 Å². The van der Waals surface area contributed by atoms with E-state index in [2.05, 4.69) is 28.2 Å². The second-order valence-corrected chi connectivity index (χ2v) is 6.92. The van der Waals surface area contributed by atoms with Crippen LogP contribution in [0.2, 0.25) is 0 Å². The number of thiol groups is 1. The molecular formula is C22H20N4O3S. The Hall–Kier alpha value is -3.49. The van der Waals surface area contributed by atoms with Crippen LogP contribution in [0, 0.1) is 0 Å². The molecule has 4 N–H and O–H groups in total. The van der Waals surface area contributed by atoms with Crippen LogP contribution in [0.1, 0.15) is 26.3 Å². The SMILES string of the molecule is NCc1ccc(C(=O)Nc2ccncc2)cc1-c1cccc(C(=O)NCC(=O)S)c1. The molecular weight excluding hydrogens is 400 g/mol. The monoisotopic (exact) mass is 420 g/mol. The zero-order valence-electron chi connectivity index (χ0n) is 16.0. The van der Waals surface area contributed by atoms with Gasteiger partial charge < -0.3 is 16.4 Å². The Morgan fingerprint density at radius 1 is 0.933 bits per heavy atom. The number of nitrogens with one attached hydrogen (secondary N) is 2. The number of hydrogen-bond donors (Lipinski definition) is 4. The third-order valence-electron chi connectivity index (χ3n) is 4.37. The standard InChI is InChI=1S/C22H20N4O3S/c23-12-17-5-4-16(22(29)26-18-6-8-24-9-7-18)11-19(17)14-2-1-3-15(10-14)21(28)25-13-20(27)30/h1-11H,12-13,23H2,(H,25,28)(H,27,30)(H,24,26,29). The summed E-state index contributed by atoms with van der Waals surface area (Å²) in [6.45, 7) is 0.108. The summed E-state index contributed by atoms with van der Waals surface area (Å²) in [5, 5.41) is 4.89. The third-order valence-corrected chi connectivity index (χ3v) is 4.52. The molecule has 0 aliphatic carbocycles. The van der Waals surface area contributed by atoms with Crippen molar-refractivity contribution in [3.63, 3.8) is 0 Å². The van der Waals surface area contributed by atoms with Gasteiger partial charge in [-0.3, -0.25) is 19.4 Å². The topological polar surface area (TPSA) is 114 Å². The van der Waals surface area contributed by atoms with Crippen molar-refractivity contribution in [2.75, 3.05) is 11.9 Å². The van der Waals surface area contributed by atoms with Crippen molar-refractivity contribution in [3.05, 3.63) is 83.7 Å². The van der Waals surface area contributed by atoms with Gasteiger partial charge in [0.05, 0.1) is 6.54 Å². The molecule has 1 aromatic heterocycles. The molecule has 0 radical (unpaired) electrons. The van der Waals surface area contributed by atoms with Crippen molar-refractivity contribution in [2.45, 2.75) is 6.54 Å². The van der Waals surface area contributed by atoms with E-state index in [-0.39, 0.29) is 24.9 Å². The van der Waals surface area contributed by atoms with Gasteiger partial charge in [0.15, 0.2) is 0 Å². The number of hydrogen-bond acceptors (Lipinski definition) is 5. The van der Waals surface area contributed by atoms with Gasteiger partial charge in [-0.2, -0.15) is 0 Å². The van der Waals surface area contributed by atoms with Crippen molar-refractivity contribution in [3.8, 4) is 11.1 Å². The molecule has 2 aromatic carbocycles. The second-order valence-electron chi connectivity index (χ2n) is 6.42. The van der Waals surface area contributed by atoms with Crippen molar-refractivity contribution >= 4 is 35.2 Å². The number of carbonyl (C=O) groups is 3. The summed E-state index contributed by atoms with van der Waals surface area (Å²) in [5.41, 5.74) is 9.68. The summed E-state index contributed by atoms with van der Waals surface area (Å²) in [5.74, 6) is -0.660. The van der Waals surface area contributed by atoms with Crippen LogP contribution < -0.4 is 16.4 Å². The Kier molecular flexibility index (Phi) is 6.95. The fourth-order valence-electron chi connectivity index (χ4n) is 2.89. The molecule has 7 nitrogen and oxygen atoms in total. The number of anilines is 1. The van der Waals surface area contributed by atoms with Crippen LogP contribution in [-0.4, -0.2) is 28.5 Å². The number of nitrogens with zero attached hydrogens (tertiary/aromatic N) is 1. The molecule has 0 spiro atoms. The molecule has 3 rings (SSSR count). The largest absolute Gasteiger partial charge is 0.344 e. The van der Waals surface area contributed by atoms with E-state index in [1.54, 1.807) is 60.9 Å². The second kappa shape index (κ2) is 9.82. The Balaban J connectivity index is 1.90. The first-order valence-corrected chi connectivity index (χ1v) is 9.57. The van der Waals surface area contributed by atoms with E-state index < -0.39 is 5.12 Å². The molecule has 0 unspecified atom stereocenters. The Morgan fingerprint density at radius 3 is 2.37 bits per heavy atom. The summed E-state index contributed by atoms with van der Waals surface area (Å²) in [6.07, 6.45) is 3.19. The normalized spacial score (nSPS) is 10.3. The van der Waals surface area contributed by atoms with Crippen LogP contribution in [0.15, 0.2) is 67.0 Å². The van der Waals surface area contributed by atoms with Crippen molar-refractivity contribution in [1.82, 2.24) is 10.3 Å². The van der Waals surface area contributed by atoms with Crippen LogP contribution in [0.4, 0.5) is 5.69 Å². The molecule has 0 fully saturated rings. The highest BCUT2D eigenvalue weighted by Gasteiger charge is 2.13. The van der Waals surface area contributed by atoms with Crippen molar-refractivity contribution in [2.24, 2.45) is 5.73 Å². The zero-order valence-corrected chi connectivity index (χ0v) is 16.9. The van der Waals surface area contributed by atoms with Gasteiger partial charge in [-0.05, 0) is 53.1 Å². The smallest absolute Gasteiger partial charge is 0.255 e. The van der Waals surface area contributed by atoms with E-state index in [9.17, 15) is 14.4 Å². The van der Waals surface area contributed by atoms with Gasteiger partial charge in [0, 0.05) is 35.8 Å². The zero-order chi connectivity index (χ0) is 21.5. The third kappa shape index (κ3) is 5.31. The fraction of sp³-hybridized carbons (Fsp3) is 0.0909. The lowest BCUT2D eigenvalue weighted by Gasteiger charge is -2.12. The molecule has 0 saturated heterocycles. The molecule has 0 atom stereocenters. The van der Waals surface area contributed by atoms with Crippen LogP contribution in [0.25, 0.3) is 11.1 Å². The molecule has 1 heterocycles. The van der Waals surface area contributed by atoms with Crippen LogP contribution >= 0.6 is 12.6 Å². The molecule has 0 aliphatic rings. The summed E-state index contributed by atoms with van der Waals surface area (Å²) in [6, 6.07) is 15.5. The Morgan fingerprint density at radius 2 is 1.67 bits per heavy atom. The number of benzene rings is 2. The maximum absolute atomic E-state index is 12.7. The minimum absolute atomic E-state index is 0.162. The first-order valence-electron chi connectivity index (χ1n) is 9.12. The molecule has 3 aromatic rings. The quantitative estimate of drug-likeness (QED) is 0.439. The molecule has 0 aliphatic heterocycles. The lowest BCUT2D eigenvalue weighted by Crippen LogP contribution is -2.27. The Bertz CT molecular complexity index is 1090. The van der Waals surface area contributed by atoms with E-state index >= 15 is 0 Å². The van der Waals surface area contributed by atoms with Crippen LogP contribution in [-0.2, 0) is 11.3 Å². The minimum Gasteiger partial charge on any atom is -0.344 e. The number of pyridine rings is 1. The number of nitrogens with two attached hydrogens (primary N) is 1. The van der Waals surface area contributed by atoms with Gasteiger partial charge >= 0.3 is 0 Å². The van der Waals surface area contributed by atoms with Gasteiger partial charge in [-0.15, -0.1) is 12.6 Å². The van der Waals surface area contributed by atoms with Gasteiger partial charge in [0.1, 0.15) is 0 Å². The number of amides is 2. The highest BCUT2D eigenvalue weighted by Crippen LogP contribution is 2.26. The average Bonchev–Trinajstić information content (AvgIpc) is 2.77. The summed E-state index contributed by atoms with van der Waals surface area (Å²) < 4.78 is 0. The maximum Gasteiger partial charge on any atom is 0.255 e. The van der Waals surface area contributed by atoms with Gasteiger partial charge in [0.25, 0.3) is 11.8 Å². The molecule has 0 saturated carbocycles. The average molecular weight is 420 g/mol. The van der Waals surface area contributed by atoms with Gasteiger partial charge in [-0.1, -0.05) is 18.2 Å². The first kappa shape index (κ1) is 21.2. The van der Waals surface area contributed by atoms with Gasteiger partial charge in [-0.25, -0.2) is 0 Å². The van der Waals surface area contributed by atoms with Crippen LogP contribution in [0.5, 0.6) is 0 Å². The molecule has 2 amide bonds. The minimum atomic E-state index is -0.433. The maximum atomic E-state index is 12.7. The lowest BCUT2D eigenvalue weighted by atomic mass is 9.95. The molecule has 152 valence electrons. The van der Waals surface area contributed by atoms with E-state index in [1.807, 2.05) is 6.07 Å². The van der Waals surface area contributed by atoms with E-state index in [1.165, 1.54) is 0 Å². The predicted octanol–water partition coefficient (Wildman–Crippen LogP) is 2.65. The lowest BCUT2D eigenvalue weighted by molar-refractivity contribution is -0.110. The molecule has 8 heteroatoms. The fourth-order valence-corrected chi connectivity index (χ4v) is 2.97. The Labute approximate surface area is 179 Å². The van der Waals surface area contributed by atoms with Crippen LogP contribution in [0.3, 0.4) is 0 Å². The first-order chi connectivity index (χ1) is 14.5. The summed E-state index contributed by atoms with van der Waals surface area (Å²) >= 11 is 3.65.